The fraction of sp³-hybridized carbons (Fsp3) is 0.707. The van der Waals surface area contributed by atoms with E-state index in [1.54, 1.807) is 0 Å². The number of unbranched alkanes of at least 4 members (excludes halogenated alkanes) is 16. The van der Waals surface area contributed by atoms with Crippen LogP contribution < -0.4 is 5.73 Å². The maximum atomic E-state index is 12.1. The Hall–Kier alpha value is -2.80. The summed E-state index contributed by atoms with van der Waals surface area (Å²) in [5.74, 6) is -2.74. The third-order valence-electron chi connectivity index (χ3n) is 8.07. The van der Waals surface area contributed by atoms with Crippen LogP contribution in [0.5, 0.6) is 0 Å². The van der Waals surface area contributed by atoms with E-state index in [9.17, 15) is 19.2 Å². The van der Waals surface area contributed by atoms with Crippen LogP contribution in [0.25, 0.3) is 0 Å². The predicted octanol–water partition coefficient (Wildman–Crippen LogP) is 10.9. The Morgan fingerprint density at radius 3 is 1.25 bits per heavy atom. The molecule has 0 unspecified atom stereocenters. The number of nitrogens with two attached hydrogens (primary N) is 1. The molecule has 0 aliphatic carbocycles. The van der Waals surface area contributed by atoms with Crippen molar-refractivity contribution >= 4 is 23.9 Å². The van der Waals surface area contributed by atoms with Crippen LogP contribution in [-0.4, -0.2) is 29.9 Å². The highest BCUT2D eigenvalue weighted by Gasteiger charge is 2.21. The van der Waals surface area contributed by atoms with Gasteiger partial charge in [0, 0.05) is 19.3 Å². The summed E-state index contributed by atoms with van der Waals surface area (Å²) >= 11 is 0. The van der Waals surface area contributed by atoms with Gasteiger partial charge in [0.25, 0.3) is 0 Å². The Bertz CT molecular complexity index is 935. The lowest BCUT2D eigenvalue weighted by molar-refractivity contribution is -0.160. The number of carbonyl (C=O) groups excluding carboxylic acids is 4. The lowest BCUT2D eigenvalue weighted by atomic mass is 10.1. The zero-order chi connectivity index (χ0) is 35.3. The van der Waals surface area contributed by atoms with E-state index in [1.165, 1.54) is 51.4 Å². The first-order chi connectivity index (χ1) is 23.4. The molecule has 7 nitrogen and oxygen atoms in total. The predicted molar refractivity (Wildman–Crippen MR) is 198 cm³/mol. The summed E-state index contributed by atoms with van der Waals surface area (Å²) in [6.45, 7) is 4.44. The molecule has 0 aromatic rings. The second kappa shape index (κ2) is 35.5. The summed E-state index contributed by atoms with van der Waals surface area (Å²) in [6, 6.07) is -1.12. The van der Waals surface area contributed by atoms with E-state index in [-0.39, 0.29) is 25.7 Å². The first-order valence-corrected chi connectivity index (χ1v) is 19.2. The molecule has 1 atom stereocenters. The molecule has 0 aromatic heterocycles. The third kappa shape index (κ3) is 33.1. The fourth-order valence-electron chi connectivity index (χ4n) is 5.02. The minimum absolute atomic E-state index is 0.0500. The SMILES string of the molecule is CCCCC/C=C\C/C=C\CCCCCCCC(=O)OC(=O)CC[C@H](N)C(=O)OC(=O)CCCCCCC/C=C\C/C=C\CCCCC. The number of carbonyl (C=O) groups is 4. The van der Waals surface area contributed by atoms with E-state index in [1.807, 2.05) is 0 Å². The summed E-state index contributed by atoms with van der Waals surface area (Å²) < 4.78 is 9.68. The van der Waals surface area contributed by atoms with E-state index in [0.29, 0.717) is 12.8 Å². The van der Waals surface area contributed by atoms with Gasteiger partial charge in [0.2, 0.25) is 0 Å². The van der Waals surface area contributed by atoms with Crippen molar-refractivity contribution in [2.75, 3.05) is 0 Å². The molecule has 0 spiro atoms. The van der Waals surface area contributed by atoms with Gasteiger partial charge in [-0.1, -0.05) is 127 Å². The first kappa shape index (κ1) is 45.2. The van der Waals surface area contributed by atoms with Gasteiger partial charge >= 0.3 is 23.9 Å². The Morgan fingerprint density at radius 2 is 0.812 bits per heavy atom. The zero-order valence-corrected chi connectivity index (χ0v) is 30.6. The average molecular weight is 672 g/mol. The molecule has 0 aromatic carbocycles. The van der Waals surface area contributed by atoms with Crippen molar-refractivity contribution in [3.05, 3.63) is 48.6 Å². The highest BCUT2D eigenvalue weighted by molar-refractivity contribution is 5.89. The van der Waals surface area contributed by atoms with Gasteiger partial charge in [-0.25, -0.2) is 4.79 Å². The van der Waals surface area contributed by atoms with Crippen molar-refractivity contribution in [1.29, 1.82) is 0 Å². The molecule has 0 aliphatic rings. The Balaban J connectivity index is 3.73. The van der Waals surface area contributed by atoms with Gasteiger partial charge < -0.3 is 15.2 Å². The Morgan fingerprint density at radius 1 is 0.458 bits per heavy atom. The lowest BCUT2D eigenvalue weighted by Crippen LogP contribution is -2.34. The maximum absolute atomic E-state index is 12.1. The minimum Gasteiger partial charge on any atom is -0.393 e. The maximum Gasteiger partial charge on any atom is 0.330 e. The highest BCUT2D eigenvalue weighted by Crippen LogP contribution is 2.11. The smallest absolute Gasteiger partial charge is 0.330 e. The first-order valence-electron chi connectivity index (χ1n) is 19.2. The third-order valence-corrected chi connectivity index (χ3v) is 8.07. The number of hydrogen-bond acceptors (Lipinski definition) is 7. The van der Waals surface area contributed by atoms with Crippen LogP contribution in [-0.2, 0) is 28.7 Å². The summed E-state index contributed by atoms with van der Waals surface area (Å²) in [7, 11) is 0. The molecule has 0 rings (SSSR count). The van der Waals surface area contributed by atoms with Crippen LogP contribution in [0.1, 0.15) is 181 Å². The summed E-state index contributed by atoms with van der Waals surface area (Å²) in [5.41, 5.74) is 5.79. The topological polar surface area (TPSA) is 113 Å². The van der Waals surface area contributed by atoms with Crippen molar-refractivity contribution in [2.45, 2.75) is 187 Å². The van der Waals surface area contributed by atoms with E-state index in [0.717, 1.165) is 77.0 Å². The molecule has 0 radical (unpaired) electrons. The molecule has 2 N–H and O–H groups in total. The van der Waals surface area contributed by atoms with E-state index in [4.69, 9.17) is 15.2 Å². The largest absolute Gasteiger partial charge is 0.393 e. The standard InChI is InChI=1S/C41H69NO6/c1-3-5-7-9-11-13-15-17-19-21-23-25-27-29-31-33-38(43)47-40(45)36-35-37(42)41(46)48-39(44)34-32-30-28-26-24-22-20-18-16-14-12-10-8-6-4-2/h11-14,17-20,37H,3-10,15-16,21-36,42H2,1-2H3/b13-11-,14-12-,19-17-,20-18-/t37-/m0/s1. The van der Waals surface area contributed by atoms with E-state index in [2.05, 4.69) is 62.5 Å². The molecule has 0 heterocycles. The molecule has 0 saturated heterocycles. The van der Waals surface area contributed by atoms with Crippen LogP contribution >= 0.6 is 0 Å². The molecule has 0 amide bonds. The Kier molecular flexibility index (Phi) is 33.4. The van der Waals surface area contributed by atoms with Gasteiger partial charge in [-0.3, -0.25) is 14.4 Å². The summed E-state index contributed by atoms with van der Waals surface area (Å²) in [6.07, 6.45) is 41.9. The zero-order valence-electron chi connectivity index (χ0n) is 30.6. The van der Waals surface area contributed by atoms with Gasteiger partial charge in [0.05, 0.1) is 0 Å². The van der Waals surface area contributed by atoms with E-state index < -0.39 is 29.9 Å². The molecule has 274 valence electrons. The van der Waals surface area contributed by atoms with Crippen LogP contribution in [0, 0.1) is 0 Å². The van der Waals surface area contributed by atoms with Crippen LogP contribution in [0.15, 0.2) is 48.6 Å². The van der Waals surface area contributed by atoms with Crippen molar-refractivity contribution in [1.82, 2.24) is 0 Å². The molecular formula is C41H69NO6. The molecular weight excluding hydrogens is 602 g/mol. The lowest BCUT2D eigenvalue weighted by Gasteiger charge is -2.10. The molecule has 0 bridgehead atoms. The number of ether oxygens (including phenoxy) is 2. The quantitative estimate of drug-likeness (QED) is 0.0328. The fourth-order valence-corrected chi connectivity index (χ4v) is 5.02. The van der Waals surface area contributed by atoms with Gasteiger partial charge in [-0.05, 0) is 83.5 Å². The number of rotatable bonds is 32. The molecule has 0 fully saturated rings. The normalized spacial score (nSPS) is 12.5. The van der Waals surface area contributed by atoms with Crippen molar-refractivity contribution in [3.63, 3.8) is 0 Å². The van der Waals surface area contributed by atoms with E-state index >= 15 is 0 Å². The van der Waals surface area contributed by atoms with Gasteiger partial charge in [0.15, 0.2) is 0 Å². The molecule has 48 heavy (non-hydrogen) atoms. The van der Waals surface area contributed by atoms with Gasteiger partial charge in [-0.15, -0.1) is 0 Å². The minimum atomic E-state index is -1.12. The highest BCUT2D eigenvalue weighted by atomic mass is 16.6. The van der Waals surface area contributed by atoms with Crippen LogP contribution in [0.3, 0.4) is 0 Å². The summed E-state index contributed by atoms with van der Waals surface area (Å²) in [5, 5.41) is 0. The van der Waals surface area contributed by atoms with Crippen molar-refractivity contribution in [2.24, 2.45) is 5.73 Å². The molecule has 0 saturated carbocycles. The second-order valence-electron chi connectivity index (χ2n) is 12.7. The number of allylic oxidation sites excluding steroid dienone is 8. The summed E-state index contributed by atoms with van der Waals surface area (Å²) in [4.78, 5) is 48.1. The monoisotopic (exact) mass is 672 g/mol. The number of hydrogen-bond donors (Lipinski definition) is 1. The van der Waals surface area contributed by atoms with Crippen LogP contribution in [0.2, 0.25) is 0 Å². The molecule has 7 heteroatoms. The molecule has 0 aliphatic heterocycles. The second-order valence-corrected chi connectivity index (χ2v) is 12.7. The van der Waals surface area contributed by atoms with Crippen LogP contribution in [0.4, 0.5) is 0 Å². The van der Waals surface area contributed by atoms with Gasteiger partial charge in [-0.2, -0.15) is 0 Å². The number of esters is 4. The average Bonchev–Trinajstić information content (AvgIpc) is 3.07. The van der Waals surface area contributed by atoms with Crippen molar-refractivity contribution < 1.29 is 28.7 Å². The Labute approximate surface area is 293 Å². The van der Waals surface area contributed by atoms with Gasteiger partial charge in [0.1, 0.15) is 6.04 Å². The van der Waals surface area contributed by atoms with Crippen molar-refractivity contribution in [3.8, 4) is 0 Å².